The Labute approximate surface area is 115 Å². The number of rotatable bonds is 8. The molecule has 1 N–H and O–H groups in total. The molecular weight excluding hydrogens is 242 g/mol. The summed E-state index contributed by atoms with van der Waals surface area (Å²) in [6.07, 6.45) is 7.14. The first-order valence-electron chi connectivity index (χ1n) is 7.51. The first-order valence-corrected chi connectivity index (χ1v) is 7.51. The topological polar surface area (TPSA) is 60.2 Å². The zero-order valence-corrected chi connectivity index (χ0v) is 12.0. The Hall–Kier alpha value is -0.940. The summed E-state index contributed by atoms with van der Waals surface area (Å²) in [7, 11) is 0. The van der Waals surface area contributed by atoms with Gasteiger partial charge < -0.3 is 14.6 Å². The van der Waals surface area contributed by atoms with Gasteiger partial charge in [-0.05, 0) is 26.2 Å². The van der Waals surface area contributed by atoms with Gasteiger partial charge in [0.1, 0.15) is 6.10 Å². The number of hydrogen-bond acceptors (Lipinski definition) is 5. The summed E-state index contributed by atoms with van der Waals surface area (Å²) in [5.74, 6) is 1.36. The van der Waals surface area contributed by atoms with Crippen LogP contribution in [-0.2, 0) is 11.3 Å². The Balaban J connectivity index is 1.85. The number of nitrogens with one attached hydrogen (secondary N) is 1. The van der Waals surface area contributed by atoms with Crippen molar-refractivity contribution in [1.82, 2.24) is 15.5 Å². The van der Waals surface area contributed by atoms with E-state index in [4.69, 9.17) is 9.26 Å². The van der Waals surface area contributed by atoms with Crippen LogP contribution < -0.4 is 5.32 Å². The zero-order chi connectivity index (χ0) is 13.5. The minimum atomic E-state index is -0.0287. The van der Waals surface area contributed by atoms with Crippen molar-refractivity contribution in [2.45, 2.75) is 71.1 Å². The lowest BCUT2D eigenvalue weighted by Crippen LogP contribution is -2.25. The summed E-state index contributed by atoms with van der Waals surface area (Å²) in [6.45, 7) is 5.47. The van der Waals surface area contributed by atoms with Crippen molar-refractivity contribution in [1.29, 1.82) is 0 Å². The third-order valence-corrected chi connectivity index (χ3v) is 3.59. The van der Waals surface area contributed by atoms with Crippen LogP contribution >= 0.6 is 0 Å². The van der Waals surface area contributed by atoms with Crippen LogP contribution in [0.2, 0.25) is 0 Å². The summed E-state index contributed by atoms with van der Waals surface area (Å²) in [4.78, 5) is 4.44. The second kappa shape index (κ2) is 7.60. The van der Waals surface area contributed by atoms with Gasteiger partial charge in [0.05, 0.1) is 6.54 Å². The SMILES string of the molecule is CCCC(OCC)c1noc(CNC2CCCC2)n1. The standard InChI is InChI=1S/C14H25N3O2/c1-3-7-12(18-4-2)14-16-13(19-17-14)10-15-11-8-5-6-9-11/h11-12,15H,3-10H2,1-2H3. The first-order chi connectivity index (χ1) is 9.33. The van der Waals surface area contributed by atoms with Crippen molar-refractivity contribution >= 4 is 0 Å². The highest BCUT2D eigenvalue weighted by molar-refractivity contribution is 4.92. The van der Waals surface area contributed by atoms with E-state index in [9.17, 15) is 0 Å². The lowest BCUT2D eigenvalue weighted by Gasteiger charge is -2.11. The lowest BCUT2D eigenvalue weighted by atomic mass is 10.2. The van der Waals surface area contributed by atoms with E-state index in [0.717, 1.165) is 12.8 Å². The Bertz CT molecular complexity index is 355. The molecule has 1 aliphatic rings. The highest BCUT2D eigenvalue weighted by Crippen LogP contribution is 2.21. The molecular formula is C14H25N3O2. The van der Waals surface area contributed by atoms with E-state index in [0.29, 0.717) is 30.9 Å². The molecule has 1 aromatic rings. The van der Waals surface area contributed by atoms with Gasteiger partial charge in [-0.15, -0.1) is 0 Å². The molecule has 1 aliphatic carbocycles. The minimum absolute atomic E-state index is 0.0287. The Morgan fingerprint density at radius 3 is 2.84 bits per heavy atom. The average Bonchev–Trinajstić information content (AvgIpc) is 3.07. The Kier molecular flexibility index (Phi) is 5.79. The molecule has 0 aromatic carbocycles. The summed E-state index contributed by atoms with van der Waals surface area (Å²) < 4.78 is 10.9. The molecule has 108 valence electrons. The van der Waals surface area contributed by atoms with Gasteiger partial charge in [0.2, 0.25) is 11.7 Å². The van der Waals surface area contributed by atoms with Crippen molar-refractivity contribution in [2.24, 2.45) is 0 Å². The summed E-state index contributed by atoms with van der Waals surface area (Å²) in [5, 5.41) is 7.52. The average molecular weight is 267 g/mol. The van der Waals surface area contributed by atoms with Gasteiger partial charge in [-0.25, -0.2) is 0 Å². The van der Waals surface area contributed by atoms with Crippen LogP contribution in [0.3, 0.4) is 0 Å². The van der Waals surface area contributed by atoms with Crippen molar-refractivity contribution in [3.8, 4) is 0 Å². The molecule has 5 heteroatoms. The fraction of sp³-hybridized carbons (Fsp3) is 0.857. The summed E-state index contributed by atoms with van der Waals surface area (Å²) in [6, 6.07) is 0.619. The maximum Gasteiger partial charge on any atom is 0.240 e. The van der Waals surface area contributed by atoms with Gasteiger partial charge in [-0.1, -0.05) is 31.3 Å². The third kappa shape index (κ3) is 4.28. The van der Waals surface area contributed by atoms with Crippen LogP contribution in [0.1, 0.15) is 70.2 Å². The third-order valence-electron chi connectivity index (χ3n) is 3.59. The molecule has 1 fully saturated rings. The highest BCUT2D eigenvalue weighted by Gasteiger charge is 2.19. The lowest BCUT2D eigenvalue weighted by molar-refractivity contribution is 0.0477. The van der Waals surface area contributed by atoms with E-state index in [1.165, 1.54) is 25.7 Å². The molecule has 0 aliphatic heterocycles. The number of hydrogen-bond donors (Lipinski definition) is 1. The number of nitrogens with zero attached hydrogens (tertiary/aromatic N) is 2. The molecule has 0 saturated heterocycles. The second-order valence-corrected chi connectivity index (χ2v) is 5.14. The maximum atomic E-state index is 5.65. The van der Waals surface area contributed by atoms with E-state index in [1.807, 2.05) is 6.92 Å². The first kappa shape index (κ1) is 14.5. The van der Waals surface area contributed by atoms with E-state index in [1.54, 1.807) is 0 Å². The molecule has 5 nitrogen and oxygen atoms in total. The van der Waals surface area contributed by atoms with Gasteiger partial charge in [0.15, 0.2) is 0 Å². The monoisotopic (exact) mass is 267 g/mol. The van der Waals surface area contributed by atoms with Crippen molar-refractivity contribution in [2.75, 3.05) is 6.61 Å². The van der Waals surface area contributed by atoms with Gasteiger partial charge >= 0.3 is 0 Å². The quantitative estimate of drug-likeness (QED) is 0.784. The fourth-order valence-corrected chi connectivity index (χ4v) is 2.58. The summed E-state index contributed by atoms with van der Waals surface area (Å²) >= 11 is 0. The smallest absolute Gasteiger partial charge is 0.240 e. The Morgan fingerprint density at radius 1 is 1.37 bits per heavy atom. The number of aromatic nitrogens is 2. The normalized spacial score (nSPS) is 18.0. The molecule has 1 atom stereocenters. The predicted octanol–water partition coefficient (Wildman–Crippen LogP) is 2.98. The minimum Gasteiger partial charge on any atom is -0.370 e. The van der Waals surface area contributed by atoms with Crippen LogP contribution in [0.15, 0.2) is 4.52 Å². The van der Waals surface area contributed by atoms with Crippen LogP contribution in [-0.4, -0.2) is 22.8 Å². The van der Waals surface area contributed by atoms with Gasteiger partial charge in [0.25, 0.3) is 0 Å². The van der Waals surface area contributed by atoms with Crippen molar-refractivity contribution in [3.63, 3.8) is 0 Å². The molecule has 0 amide bonds. The van der Waals surface area contributed by atoms with E-state index >= 15 is 0 Å². The van der Waals surface area contributed by atoms with Crippen molar-refractivity contribution < 1.29 is 9.26 Å². The zero-order valence-electron chi connectivity index (χ0n) is 12.0. The molecule has 0 radical (unpaired) electrons. The van der Waals surface area contributed by atoms with E-state index < -0.39 is 0 Å². The van der Waals surface area contributed by atoms with E-state index in [2.05, 4.69) is 22.4 Å². The maximum absolute atomic E-state index is 5.65. The summed E-state index contributed by atoms with van der Waals surface area (Å²) in [5.41, 5.74) is 0. The van der Waals surface area contributed by atoms with Crippen LogP contribution in [0.25, 0.3) is 0 Å². The second-order valence-electron chi connectivity index (χ2n) is 5.14. The molecule has 1 saturated carbocycles. The predicted molar refractivity (Wildman–Crippen MR) is 72.7 cm³/mol. The molecule has 1 unspecified atom stereocenters. The fourth-order valence-electron chi connectivity index (χ4n) is 2.58. The van der Waals surface area contributed by atoms with Crippen LogP contribution in [0.5, 0.6) is 0 Å². The van der Waals surface area contributed by atoms with Crippen molar-refractivity contribution in [3.05, 3.63) is 11.7 Å². The van der Waals surface area contributed by atoms with Gasteiger partial charge in [-0.3, -0.25) is 0 Å². The molecule has 1 heterocycles. The number of ether oxygens (including phenoxy) is 1. The molecule has 1 aromatic heterocycles. The van der Waals surface area contributed by atoms with Gasteiger partial charge in [-0.2, -0.15) is 4.98 Å². The van der Waals surface area contributed by atoms with Crippen LogP contribution in [0, 0.1) is 0 Å². The van der Waals surface area contributed by atoms with Crippen LogP contribution in [0.4, 0.5) is 0 Å². The largest absolute Gasteiger partial charge is 0.370 e. The molecule has 0 spiro atoms. The Morgan fingerprint density at radius 2 is 2.16 bits per heavy atom. The van der Waals surface area contributed by atoms with Gasteiger partial charge in [0, 0.05) is 12.6 Å². The van der Waals surface area contributed by atoms with E-state index in [-0.39, 0.29) is 6.10 Å². The highest BCUT2D eigenvalue weighted by atomic mass is 16.5. The molecule has 0 bridgehead atoms. The molecule has 2 rings (SSSR count). The molecule has 19 heavy (non-hydrogen) atoms.